The first kappa shape index (κ1) is 21.9. The van der Waals surface area contributed by atoms with E-state index in [0.717, 1.165) is 49.0 Å². The molecule has 3 aliphatic carbocycles. The summed E-state index contributed by atoms with van der Waals surface area (Å²) < 4.78 is 0. The maximum Gasteiger partial charge on any atom is 0.246 e. The van der Waals surface area contributed by atoms with Crippen LogP contribution in [-0.2, 0) is 16.1 Å². The summed E-state index contributed by atoms with van der Waals surface area (Å²) >= 11 is 0. The molecule has 6 rings (SSSR count). The largest absolute Gasteiger partial charge is 0.349 e. The van der Waals surface area contributed by atoms with E-state index < -0.39 is 0 Å². The number of likely N-dealkylation sites (N-methyl/N-ethyl adjacent to an activating group) is 1. The number of nitrogens with one attached hydrogen (secondary N) is 2. The first-order valence-electron chi connectivity index (χ1n) is 13.0. The number of para-hydroxylation sites is 2. The molecule has 1 aromatic carbocycles. The molecule has 0 radical (unpaired) electrons. The lowest BCUT2D eigenvalue weighted by Crippen LogP contribution is -2.59. The van der Waals surface area contributed by atoms with Crippen LogP contribution in [0.15, 0.2) is 36.4 Å². The number of hydrogen-bond acceptors (Lipinski definition) is 3. The van der Waals surface area contributed by atoms with Crippen molar-refractivity contribution in [3.8, 4) is 0 Å². The van der Waals surface area contributed by atoms with Crippen LogP contribution in [-0.4, -0.2) is 39.8 Å². The van der Waals surface area contributed by atoms with Gasteiger partial charge >= 0.3 is 0 Å². The van der Waals surface area contributed by atoms with Crippen LogP contribution in [0.25, 0.3) is 11.0 Å². The van der Waals surface area contributed by atoms with Crippen LogP contribution in [0.1, 0.15) is 58.2 Å². The van der Waals surface area contributed by atoms with E-state index in [1.807, 2.05) is 36.2 Å². The summed E-state index contributed by atoms with van der Waals surface area (Å²) in [4.78, 5) is 35.6. The van der Waals surface area contributed by atoms with Crippen molar-refractivity contribution in [1.29, 1.82) is 0 Å². The van der Waals surface area contributed by atoms with E-state index in [1.165, 1.54) is 6.42 Å². The smallest absolute Gasteiger partial charge is 0.246 e. The van der Waals surface area contributed by atoms with Gasteiger partial charge in [-0.3, -0.25) is 9.59 Å². The molecule has 6 nitrogen and oxygen atoms in total. The molecule has 3 fully saturated rings. The van der Waals surface area contributed by atoms with Crippen LogP contribution in [0.2, 0.25) is 0 Å². The highest BCUT2D eigenvalue weighted by molar-refractivity contribution is 5.89. The molecule has 0 bridgehead atoms. The highest BCUT2D eigenvalue weighted by Crippen LogP contribution is 2.65. The number of benzene rings is 1. The third-order valence-corrected chi connectivity index (χ3v) is 10.3. The SMILES string of the molecule is CN1C(=O)C=C[C@]2(C)[C@H]3CC[C@]4(C)[C@@H](C(=O)NCc5nc6ccccc6[nH]5)CC[C@H]4[C@@H]3CC[C@@H]12. The number of imidazole rings is 1. The monoisotopic (exact) mass is 460 g/mol. The lowest BCUT2D eigenvalue weighted by atomic mass is 9.47. The van der Waals surface area contributed by atoms with Crippen molar-refractivity contribution in [1.82, 2.24) is 20.2 Å². The van der Waals surface area contributed by atoms with Crippen molar-refractivity contribution < 1.29 is 9.59 Å². The molecule has 2 heterocycles. The van der Waals surface area contributed by atoms with Crippen LogP contribution in [0.4, 0.5) is 0 Å². The van der Waals surface area contributed by atoms with Gasteiger partial charge in [0.1, 0.15) is 5.82 Å². The van der Waals surface area contributed by atoms with E-state index in [2.05, 4.69) is 35.2 Å². The van der Waals surface area contributed by atoms with Gasteiger partial charge in [-0.25, -0.2) is 4.98 Å². The predicted molar refractivity (Wildman–Crippen MR) is 132 cm³/mol. The van der Waals surface area contributed by atoms with Gasteiger partial charge in [0.15, 0.2) is 0 Å². The zero-order chi connectivity index (χ0) is 23.7. The molecule has 2 N–H and O–H groups in total. The Morgan fingerprint density at radius 3 is 2.79 bits per heavy atom. The molecule has 1 aliphatic heterocycles. The maximum absolute atomic E-state index is 13.4. The van der Waals surface area contributed by atoms with E-state index >= 15 is 0 Å². The van der Waals surface area contributed by atoms with Crippen LogP contribution in [0.5, 0.6) is 0 Å². The topological polar surface area (TPSA) is 78.1 Å². The third-order valence-electron chi connectivity index (χ3n) is 10.3. The van der Waals surface area contributed by atoms with Crippen LogP contribution >= 0.6 is 0 Å². The number of rotatable bonds is 3. The molecular formula is C28H36N4O2. The molecule has 1 aromatic heterocycles. The number of aromatic amines is 1. The number of hydrogen-bond donors (Lipinski definition) is 2. The van der Waals surface area contributed by atoms with Gasteiger partial charge in [0, 0.05) is 24.4 Å². The quantitative estimate of drug-likeness (QED) is 0.711. The number of H-pyrrole nitrogens is 1. The zero-order valence-corrected chi connectivity index (χ0v) is 20.5. The molecule has 0 saturated heterocycles. The molecule has 6 heteroatoms. The second kappa shape index (κ2) is 7.69. The Bertz CT molecular complexity index is 1140. The average molecular weight is 461 g/mol. The molecule has 2 aromatic rings. The molecule has 3 saturated carbocycles. The van der Waals surface area contributed by atoms with Gasteiger partial charge in [-0.2, -0.15) is 0 Å². The fraction of sp³-hybridized carbons (Fsp3) is 0.607. The van der Waals surface area contributed by atoms with Crippen LogP contribution in [0, 0.1) is 34.5 Å². The van der Waals surface area contributed by atoms with E-state index in [-0.39, 0.29) is 28.6 Å². The first-order valence-corrected chi connectivity index (χ1v) is 13.0. The second-order valence-electron chi connectivity index (χ2n) is 11.7. The summed E-state index contributed by atoms with van der Waals surface area (Å²) in [7, 11) is 1.97. The summed E-state index contributed by atoms with van der Waals surface area (Å²) in [6.45, 7) is 5.21. The summed E-state index contributed by atoms with van der Waals surface area (Å²) in [6, 6.07) is 8.28. The second-order valence-corrected chi connectivity index (χ2v) is 11.7. The number of carbonyl (C=O) groups is 2. The molecule has 0 spiro atoms. The van der Waals surface area contributed by atoms with E-state index in [0.29, 0.717) is 30.3 Å². The normalized spacial score (nSPS) is 39.0. The van der Waals surface area contributed by atoms with Crippen molar-refractivity contribution in [3.05, 3.63) is 42.2 Å². The van der Waals surface area contributed by atoms with Gasteiger partial charge in [-0.1, -0.05) is 32.1 Å². The minimum Gasteiger partial charge on any atom is -0.349 e. The molecule has 34 heavy (non-hydrogen) atoms. The summed E-state index contributed by atoms with van der Waals surface area (Å²) in [5, 5.41) is 3.21. The van der Waals surface area contributed by atoms with E-state index in [4.69, 9.17) is 0 Å². The van der Waals surface area contributed by atoms with Gasteiger partial charge in [0.2, 0.25) is 11.8 Å². The fourth-order valence-corrected chi connectivity index (χ4v) is 8.55. The zero-order valence-electron chi connectivity index (χ0n) is 20.5. The van der Waals surface area contributed by atoms with Crippen LogP contribution in [0.3, 0.4) is 0 Å². The highest BCUT2D eigenvalue weighted by Gasteiger charge is 2.61. The van der Waals surface area contributed by atoms with Gasteiger partial charge in [-0.15, -0.1) is 0 Å². The Kier molecular flexibility index (Phi) is 4.95. The Balaban J connectivity index is 1.18. The van der Waals surface area contributed by atoms with Gasteiger partial charge in [-0.05, 0) is 79.9 Å². The molecule has 180 valence electrons. The number of aromatic nitrogens is 2. The average Bonchev–Trinajstić information content (AvgIpc) is 3.40. The number of fused-ring (bicyclic) bond motifs is 6. The maximum atomic E-state index is 13.4. The summed E-state index contributed by atoms with van der Waals surface area (Å²) in [5.41, 5.74) is 2.05. The Morgan fingerprint density at radius 2 is 1.97 bits per heavy atom. The predicted octanol–water partition coefficient (Wildman–Crippen LogP) is 4.43. The third kappa shape index (κ3) is 3.10. The number of carbonyl (C=O) groups excluding carboxylic acids is 2. The Hall–Kier alpha value is -2.63. The molecule has 0 unspecified atom stereocenters. The minimum absolute atomic E-state index is 0.0501. The summed E-state index contributed by atoms with van der Waals surface area (Å²) in [5.74, 6) is 3.03. The van der Waals surface area contributed by atoms with Crippen molar-refractivity contribution in [2.75, 3.05) is 7.05 Å². The van der Waals surface area contributed by atoms with Gasteiger partial charge < -0.3 is 15.2 Å². The first-order chi connectivity index (χ1) is 16.3. The van der Waals surface area contributed by atoms with Crippen molar-refractivity contribution >= 4 is 22.8 Å². The molecule has 2 amide bonds. The number of nitrogens with zero attached hydrogens (tertiary/aromatic N) is 2. The van der Waals surface area contributed by atoms with Crippen LogP contribution < -0.4 is 5.32 Å². The standard InChI is InChI=1S/C28H36N4O2/c1-27-14-12-19-17(8-11-23-28(19,2)15-13-25(33)32(23)3)18(27)9-10-20(27)26(34)29-16-24-30-21-6-4-5-7-22(21)31-24/h4-7,13,15,17-20,23H,8-12,14,16H2,1-3H3,(H,29,34)(H,30,31)/t17-,18-,19-,20+,23+,27-,28+/m0/s1. The van der Waals surface area contributed by atoms with Crippen molar-refractivity contribution in [2.45, 2.75) is 65.0 Å². The molecule has 4 aliphatic rings. The lowest BCUT2D eigenvalue weighted by Gasteiger charge is -2.60. The Morgan fingerprint density at radius 1 is 1.15 bits per heavy atom. The van der Waals surface area contributed by atoms with E-state index in [1.54, 1.807) is 6.08 Å². The minimum atomic E-state index is 0.0501. The van der Waals surface area contributed by atoms with E-state index in [9.17, 15) is 9.59 Å². The highest BCUT2D eigenvalue weighted by atomic mass is 16.2. The molecular weight excluding hydrogens is 424 g/mol. The summed E-state index contributed by atoms with van der Waals surface area (Å²) in [6.07, 6.45) is 10.6. The fourth-order valence-electron chi connectivity index (χ4n) is 8.55. The lowest BCUT2D eigenvalue weighted by molar-refractivity contribution is -0.142. The van der Waals surface area contributed by atoms with Crippen molar-refractivity contribution in [3.63, 3.8) is 0 Å². The molecule has 7 atom stereocenters. The Labute approximate surface area is 201 Å². The van der Waals surface area contributed by atoms with Crippen molar-refractivity contribution in [2.24, 2.45) is 34.5 Å². The van der Waals surface area contributed by atoms with Gasteiger partial charge in [0.25, 0.3) is 0 Å². The number of amides is 2. The van der Waals surface area contributed by atoms with Gasteiger partial charge in [0.05, 0.1) is 17.6 Å².